The zero-order valence-corrected chi connectivity index (χ0v) is 21.8. The normalized spacial score (nSPS) is 22.2. The number of carbonyl (C=O) groups is 1. The number of benzene rings is 2. The Labute approximate surface area is 223 Å². The molecule has 10 heteroatoms. The first kappa shape index (κ1) is 25.0. The Kier molecular flexibility index (Phi) is 6.85. The third kappa shape index (κ3) is 4.96. The molecule has 1 saturated heterocycles. The van der Waals surface area contributed by atoms with Crippen molar-refractivity contribution in [1.29, 1.82) is 0 Å². The van der Waals surface area contributed by atoms with E-state index in [4.69, 9.17) is 26.9 Å². The highest BCUT2D eigenvalue weighted by molar-refractivity contribution is 7.22. The quantitative estimate of drug-likeness (QED) is 0.426. The molecule has 3 heterocycles. The highest BCUT2D eigenvalue weighted by Crippen LogP contribution is 2.42. The maximum absolute atomic E-state index is 14.9. The molecule has 1 aliphatic carbocycles. The molecule has 3 aliphatic rings. The number of aliphatic hydroxyl groups is 1. The molecule has 7 nitrogen and oxygen atoms in total. The maximum atomic E-state index is 14.9. The van der Waals surface area contributed by atoms with Gasteiger partial charge >= 0.3 is 0 Å². The summed E-state index contributed by atoms with van der Waals surface area (Å²) in [6.07, 6.45) is 2.90. The number of nitrogens with two attached hydrogens (primary N) is 1. The molecule has 3 atom stereocenters. The number of aliphatic hydroxyl groups excluding tert-OH is 1. The molecule has 1 aromatic heterocycles. The molecular weight excluding hydrogens is 517 g/mol. The fourth-order valence-corrected chi connectivity index (χ4v) is 6.67. The van der Waals surface area contributed by atoms with Crippen molar-refractivity contribution in [1.82, 2.24) is 9.96 Å². The lowest BCUT2D eigenvalue weighted by molar-refractivity contribution is -0.248. The molecule has 196 valence electrons. The number of hydrogen-bond donors (Lipinski definition) is 2. The standard InChI is InChI=1S/C27H29ClFN3O4S/c28-23-12-16-3-7-18-19(26(16)37-23)14-35-32(24(18)27(30)34)21(13-31-9-1-2-10-31)25(33)15-4-8-22(20(29)11-15)36-17-5-6-17/h3-4,7-8,11-12,17,21,24-25,33H,1-2,5-6,9-10,13-14H2,(H2,30,34)/t21-,24?,25-/m1/s1. The summed E-state index contributed by atoms with van der Waals surface area (Å²) in [6.45, 7) is 2.41. The van der Waals surface area contributed by atoms with Crippen LogP contribution in [0.1, 0.15) is 54.5 Å². The van der Waals surface area contributed by atoms with E-state index in [2.05, 4.69) is 4.90 Å². The number of amides is 1. The van der Waals surface area contributed by atoms with Crippen LogP contribution >= 0.6 is 22.9 Å². The zero-order valence-electron chi connectivity index (χ0n) is 20.2. The molecule has 2 aliphatic heterocycles. The van der Waals surface area contributed by atoms with Crippen LogP contribution in [0, 0.1) is 5.82 Å². The van der Waals surface area contributed by atoms with Gasteiger partial charge < -0.3 is 20.5 Å². The van der Waals surface area contributed by atoms with Crippen molar-refractivity contribution in [2.24, 2.45) is 5.73 Å². The van der Waals surface area contributed by atoms with E-state index in [1.54, 1.807) is 12.1 Å². The number of hydrogen-bond acceptors (Lipinski definition) is 7. The van der Waals surface area contributed by atoms with Crippen LogP contribution in [-0.2, 0) is 16.2 Å². The number of rotatable bonds is 8. The number of ether oxygens (including phenoxy) is 1. The van der Waals surface area contributed by atoms with Gasteiger partial charge in [-0.15, -0.1) is 11.3 Å². The van der Waals surface area contributed by atoms with E-state index >= 15 is 0 Å². The molecule has 1 saturated carbocycles. The van der Waals surface area contributed by atoms with Gasteiger partial charge in [0.05, 0.1) is 29.2 Å². The highest BCUT2D eigenvalue weighted by Gasteiger charge is 2.42. The number of thiophene rings is 1. The number of likely N-dealkylation sites (tertiary alicyclic amines) is 1. The topological polar surface area (TPSA) is 88.3 Å². The second-order valence-electron chi connectivity index (χ2n) is 10.1. The summed E-state index contributed by atoms with van der Waals surface area (Å²) < 4.78 is 22.1. The summed E-state index contributed by atoms with van der Waals surface area (Å²) in [5.41, 5.74) is 7.95. The summed E-state index contributed by atoms with van der Waals surface area (Å²) >= 11 is 7.70. The van der Waals surface area contributed by atoms with Crippen molar-refractivity contribution < 1.29 is 23.9 Å². The van der Waals surface area contributed by atoms with Crippen LogP contribution in [-0.4, -0.2) is 52.8 Å². The number of hydroxylamine groups is 2. The first-order chi connectivity index (χ1) is 17.9. The molecular formula is C27H29ClFN3O4S. The summed E-state index contributed by atoms with van der Waals surface area (Å²) in [4.78, 5) is 21.3. The van der Waals surface area contributed by atoms with Crippen molar-refractivity contribution in [2.45, 2.75) is 56.6 Å². The average molecular weight is 546 g/mol. The summed E-state index contributed by atoms with van der Waals surface area (Å²) in [5.74, 6) is -0.913. The van der Waals surface area contributed by atoms with Crippen LogP contribution < -0.4 is 10.5 Å². The van der Waals surface area contributed by atoms with Crippen LogP contribution in [0.3, 0.4) is 0 Å². The predicted molar refractivity (Wildman–Crippen MR) is 140 cm³/mol. The largest absolute Gasteiger partial charge is 0.487 e. The molecule has 1 amide bonds. The third-order valence-corrected chi connectivity index (χ3v) is 8.76. The van der Waals surface area contributed by atoms with Crippen molar-refractivity contribution in [3.8, 4) is 5.75 Å². The van der Waals surface area contributed by atoms with Crippen LogP contribution in [0.15, 0.2) is 36.4 Å². The minimum Gasteiger partial charge on any atom is -0.487 e. The Morgan fingerprint density at radius 3 is 2.73 bits per heavy atom. The van der Waals surface area contributed by atoms with E-state index in [1.165, 1.54) is 22.5 Å². The van der Waals surface area contributed by atoms with E-state index in [0.717, 1.165) is 60.0 Å². The van der Waals surface area contributed by atoms with Gasteiger partial charge in [0.1, 0.15) is 6.04 Å². The Morgan fingerprint density at radius 1 is 1.24 bits per heavy atom. The Morgan fingerprint density at radius 2 is 2.03 bits per heavy atom. The molecule has 1 unspecified atom stereocenters. The maximum Gasteiger partial charge on any atom is 0.241 e. The van der Waals surface area contributed by atoms with E-state index in [0.29, 0.717) is 16.4 Å². The van der Waals surface area contributed by atoms with Crippen LogP contribution in [0.4, 0.5) is 4.39 Å². The minimum absolute atomic E-state index is 0.0658. The lowest BCUT2D eigenvalue weighted by Crippen LogP contribution is -2.52. The summed E-state index contributed by atoms with van der Waals surface area (Å²) in [6, 6.07) is 8.67. The van der Waals surface area contributed by atoms with E-state index in [1.807, 2.05) is 18.2 Å². The summed E-state index contributed by atoms with van der Waals surface area (Å²) in [5, 5.41) is 14.1. The molecule has 0 bridgehead atoms. The number of halogens is 2. The van der Waals surface area contributed by atoms with Crippen LogP contribution in [0.5, 0.6) is 5.75 Å². The number of primary amides is 1. The first-order valence-electron chi connectivity index (χ1n) is 12.7. The monoisotopic (exact) mass is 545 g/mol. The van der Waals surface area contributed by atoms with Crippen molar-refractivity contribution in [3.63, 3.8) is 0 Å². The van der Waals surface area contributed by atoms with Crippen LogP contribution in [0.25, 0.3) is 10.1 Å². The fraction of sp³-hybridized carbons (Fsp3) is 0.444. The van der Waals surface area contributed by atoms with Crippen molar-refractivity contribution >= 4 is 38.9 Å². The fourth-order valence-electron chi connectivity index (χ4n) is 5.40. The van der Waals surface area contributed by atoms with Crippen molar-refractivity contribution in [2.75, 3.05) is 19.6 Å². The minimum atomic E-state index is -1.13. The molecule has 0 radical (unpaired) electrons. The molecule has 3 aromatic rings. The van der Waals surface area contributed by atoms with E-state index in [9.17, 15) is 14.3 Å². The average Bonchev–Trinajstić information content (AvgIpc) is 3.38. The van der Waals surface area contributed by atoms with Gasteiger partial charge in [-0.1, -0.05) is 29.8 Å². The van der Waals surface area contributed by atoms with Gasteiger partial charge in [-0.3, -0.25) is 9.63 Å². The highest BCUT2D eigenvalue weighted by atomic mass is 35.5. The third-order valence-electron chi connectivity index (χ3n) is 7.42. The number of carbonyl (C=O) groups excluding carboxylic acids is 1. The molecule has 2 fully saturated rings. The van der Waals surface area contributed by atoms with Gasteiger partial charge in [-0.2, -0.15) is 5.06 Å². The van der Waals surface area contributed by atoms with Crippen molar-refractivity contribution in [3.05, 3.63) is 63.2 Å². The number of nitrogens with zero attached hydrogens (tertiary/aromatic N) is 2. The van der Waals surface area contributed by atoms with Gasteiger partial charge in [0.2, 0.25) is 5.91 Å². The Balaban J connectivity index is 1.36. The Bertz CT molecular complexity index is 1330. The number of fused-ring (bicyclic) bond motifs is 3. The molecule has 6 rings (SSSR count). The second-order valence-corrected chi connectivity index (χ2v) is 11.8. The van der Waals surface area contributed by atoms with E-state index < -0.39 is 29.9 Å². The second kappa shape index (κ2) is 10.1. The summed E-state index contributed by atoms with van der Waals surface area (Å²) in [7, 11) is 0. The van der Waals surface area contributed by atoms with Gasteiger partial charge in [0.15, 0.2) is 11.6 Å². The van der Waals surface area contributed by atoms with Gasteiger partial charge in [0, 0.05) is 16.8 Å². The Hall–Kier alpha value is -2.27. The molecule has 37 heavy (non-hydrogen) atoms. The van der Waals surface area contributed by atoms with Gasteiger partial charge in [-0.05, 0) is 73.5 Å². The predicted octanol–water partition coefficient (Wildman–Crippen LogP) is 4.71. The van der Waals surface area contributed by atoms with E-state index in [-0.39, 0.29) is 18.5 Å². The first-order valence-corrected chi connectivity index (χ1v) is 13.9. The lowest BCUT2D eigenvalue weighted by atomic mass is 9.93. The molecule has 0 spiro atoms. The smallest absolute Gasteiger partial charge is 0.241 e. The zero-order chi connectivity index (χ0) is 25.7. The van der Waals surface area contributed by atoms with Gasteiger partial charge in [-0.25, -0.2) is 4.39 Å². The lowest BCUT2D eigenvalue weighted by Gasteiger charge is -2.42. The van der Waals surface area contributed by atoms with Crippen LogP contribution in [0.2, 0.25) is 4.34 Å². The molecule has 2 aromatic carbocycles. The molecule has 3 N–H and O–H groups in total. The SMILES string of the molecule is NC(=O)C1c2ccc3cc(Cl)sc3c2CON1[C@H](CN1CCCC1)[C@H](O)c1ccc(OC2CC2)c(F)c1. The van der Waals surface area contributed by atoms with Gasteiger partial charge in [0.25, 0.3) is 0 Å².